The number of rotatable bonds is 5. The van der Waals surface area contributed by atoms with E-state index in [1.807, 2.05) is 36.4 Å². The van der Waals surface area contributed by atoms with Crippen LogP contribution in [0.3, 0.4) is 0 Å². The first-order chi connectivity index (χ1) is 17.6. The molecule has 0 radical (unpaired) electrons. The molecule has 2 aromatic carbocycles. The molecule has 9 nitrogen and oxygen atoms in total. The van der Waals surface area contributed by atoms with E-state index in [1.165, 1.54) is 6.92 Å². The quantitative estimate of drug-likeness (QED) is 0.333. The van der Waals surface area contributed by atoms with Crippen molar-refractivity contribution in [2.24, 2.45) is 0 Å². The highest BCUT2D eigenvalue weighted by Gasteiger charge is 2.21. The molecule has 0 aliphatic carbocycles. The van der Waals surface area contributed by atoms with Crippen molar-refractivity contribution in [1.82, 2.24) is 20.2 Å². The van der Waals surface area contributed by atoms with E-state index in [9.17, 15) is 9.90 Å². The van der Waals surface area contributed by atoms with E-state index in [0.717, 1.165) is 56.0 Å². The van der Waals surface area contributed by atoms with E-state index >= 15 is 0 Å². The number of ether oxygens (including phenoxy) is 1. The van der Waals surface area contributed by atoms with Crippen molar-refractivity contribution in [2.45, 2.75) is 13.0 Å². The number of nitrogens with one attached hydrogen (secondary N) is 2. The van der Waals surface area contributed by atoms with Crippen LogP contribution in [-0.2, 0) is 9.53 Å². The van der Waals surface area contributed by atoms with Crippen LogP contribution in [0.1, 0.15) is 6.92 Å². The van der Waals surface area contributed by atoms with Crippen molar-refractivity contribution >= 4 is 49.9 Å². The highest BCUT2D eigenvalue weighted by Crippen LogP contribution is 2.40. The summed E-state index contributed by atoms with van der Waals surface area (Å²) in [6, 6.07) is 15.6. The van der Waals surface area contributed by atoms with E-state index in [1.54, 1.807) is 23.6 Å². The molecule has 4 heterocycles. The predicted octanol–water partition coefficient (Wildman–Crippen LogP) is 4.06. The molecule has 0 saturated carbocycles. The second-order valence-electron chi connectivity index (χ2n) is 8.68. The Morgan fingerprint density at radius 2 is 2.00 bits per heavy atom. The molecule has 36 heavy (non-hydrogen) atoms. The van der Waals surface area contributed by atoms with Crippen molar-refractivity contribution in [3.63, 3.8) is 0 Å². The minimum absolute atomic E-state index is 0.443. The number of fused-ring (bicyclic) bond motifs is 2. The van der Waals surface area contributed by atoms with Crippen molar-refractivity contribution in [3.05, 3.63) is 54.7 Å². The average Bonchev–Trinajstić information content (AvgIpc) is 3.56. The molecule has 10 heteroatoms. The monoisotopic (exact) mass is 500 g/mol. The number of aromatic amines is 1. The lowest BCUT2D eigenvalue weighted by Gasteiger charge is -2.28. The number of hydrogen-bond donors (Lipinski definition) is 3. The molecular weight excluding hydrogens is 476 g/mol. The summed E-state index contributed by atoms with van der Waals surface area (Å²) in [5, 5.41) is 20.5. The summed E-state index contributed by atoms with van der Waals surface area (Å²) < 4.78 is 6.59. The SMILES string of the molecule is C[C@H](O)C(=O)Nc1cccc(-c2cc3nc(-c4cccc5[nH]ncc45)nc(N4CCOCC4)c3s2)c1. The molecule has 1 aliphatic rings. The molecule has 0 bridgehead atoms. The number of amides is 1. The average molecular weight is 501 g/mol. The number of carbonyl (C=O) groups excluding carboxylic acids is 1. The molecule has 1 saturated heterocycles. The Hall–Kier alpha value is -3.86. The van der Waals surface area contributed by atoms with Crippen molar-refractivity contribution in [3.8, 4) is 21.8 Å². The van der Waals surface area contributed by atoms with Gasteiger partial charge in [-0.3, -0.25) is 9.89 Å². The van der Waals surface area contributed by atoms with E-state index in [0.29, 0.717) is 24.7 Å². The minimum atomic E-state index is -1.08. The third-order valence-electron chi connectivity index (χ3n) is 6.18. The molecule has 3 N–H and O–H groups in total. The van der Waals surface area contributed by atoms with E-state index in [4.69, 9.17) is 14.7 Å². The van der Waals surface area contributed by atoms with Crippen LogP contribution in [-0.4, -0.2) is 63.6 Å². The molecule has 1 atom stereocenters. The number of carbonyl (C=O) groups is 1. The van der Waals surface area contributed by atoms with Gasteiger partial charge in [0.2, 0.25) is 0 Å². The van der Waals surface area contributed by atoms with Gasteiger partial charge >= 0.3 is 0 Å². The zero-order valence-corrected chi connectivity index (χ0v) is 20.4. The maximum absolute atomic E-state index is 12.0. The fourth-order valence-corrected chi connectivity index (χ4v) is 5.44. The third kappa shape index (κ3) is 4.19. The number of aliphatic hydroxyl groups excluding tert-OH is 1. The smallest absolute Gasteiger partial charge is 0.252 e. The highest BCUT2D eigenvalue weighted by atomic mass is 32.1. The lowest BCUT2D eigenvalue weighted by molar-refractivity contribution is -0.123. The number of H-pyrrole nitrogens is 1. The highest BCUT2D eigenvalue weighted by molar-refractivity contribution is 7.22. The summed E-state index contributed by atoms with van der Waals surface area (Å²) in [6.45, 7) is 4.27. The van der Waals surface area contributed by atoms with Crippen LogP contribution in [0.5, 0.6) is 0 Å². The number of aromatic nitrogens is 4. The zero-order valence-electron chi connectivity index (χ0n) is 19.6. The molecule has 1 aliphatic heterocycles. The van der Waals surface area contributed by atoms with E-state index in [-0.39, 0.29) is 0 Å². The van der Waals surface area contributed by atoms with Crippen LogP contribution in [0.15, 0.2) is 54.7 Å². The summed E-state index contributed by atoms with van der Waals surface area (Å²) in [5.74, 6) is 1.11. The van der Waals surface area contributed by atoms with Crippen molar-refractivity contribution < 1.29 is 14.6 Å². The Morgan fingerprint density at radius 3 is 2.83 bits per heavy atom. The van der Waals surface area contributed by atoms with Crippen molar-refractivity contribution in [1.29, 1.82) is 0 Å². The van der Waals surface area contributed by atoms with Gasteiger partial charge in [0.05, 0.1) is 35.1 Å². The standard InChI is InChI=1S/C26H24N6O3S/c1-15(33)26(34)28-17-5-2-4-16(12-17)22-13-21-23(36-22)25(32-8-10-35-11-9-32)30-24(29-21)18-6-3-7-20-19(18)14-27-31-20/h2-7,12-15,33H,8-11H2,1H3,(H,27,31)(H,28,34)/t15-/m0/s1. The maximum Gasteiger partial charge on any atom is 0.252 e. The lowest BCUT2D eigenvalue weighted by atomic mass is 10.1. The fraction of sp³-hybridized carbons (Fsp3) is 0.231. The first kappa shape index (κ1) is 22.6. The van der Waals surface area contributed by atoms with Gasteiger partial charge in [0.1, 0.15) is 6.10 Å². The third-order valence-corrected chi connectivity index (χ3v) is 7.35. The lowest BCUT2D eigenvalue weighted by Crippen LogP contribution is -2.36. The summed E-state index contributed by atoms with van der Waals surface area (Å²) in [6.07, 6.45) is 0.723. The Morgan fingerprint density at radius 1 is 1.17 bits per heavy atom. The molecule has 1 fully saturated rings. The summed E-state index contributed by atoms with van der Waals surface area (Å²) in [4.78, 5) is 25.3. The Kier molecular flexibility index (Phi) is 5.84. The molecule has 0 unspecified atom stereocenters. The molecule has 3 aromatic heterocycles. The van der Waals surface area contributed by atoms with Crippen LogP contribution in [0.4, 0.5) is 11.5 Å². The Bertz CT molecular complexity index is 1570. The first-order valence-corrected chi connectivity index (χ1v) is 12.5. The predicted molar refractivity (Wildman–Crippen MR) is 141 cm³/mol. The Balaban J connectivity index is 1.48. The zero-order chi connectivity index (χ0) is 24.6. The van der Waals surface area contributed by atoms with Gasteiger partial charge in [-0.1, -0.05) is 24.3 Å². The molecule has 182 valence electrons. The normalized spacial score (nSPS) is 14.9. The molecule has 0 spiro atoms. The van der Waals surface area contributed by atoms with Gasteiger partial charge in [-0.05, 0) is 36.8 Å². The van der Waals surface area contributed by atoms with E-state index in [2.05, 4.69) is 26.5 Å². The minimum Gasteiger partial charge on any atom is -0.384 e. The van der Waals surface area contributed by atoms with Gasteiger partial charge in [0.25, 0.3) is 5.91 Å². The summed E-state index contributed by atoms with van der Waals surface area (Å²) in [5.41, 5.74) is 4.30. The first-order valence-electron chi connectivity index (χ1n) is 11.7. The number of anilines is 2. The molecule has 6 rings (SSSR count). The molecule has 5 aromatic rings. The van der Waals surface area contributed by atoms with Gasteiger partial charge < -0.3 is 20.1 Å². The van der Waals surface area contributed by atoms with Crippen LogP contribution < -0.4 is 10.2 Å². The second-order valence-corrected chi connectivity index (χ2v) is 9.73. The number of morpholine rings is 1. The van der Waals surface area contributed by atoms with Gasteiger partial charge in [-0.15, -0.1) is 11.3 Å². The van der Waals surface area contributed by atoms with Crippen molar-refractivity contribution in [2.75, 3.05) is 36.5 Å². The topological polar surface area (TPSA) is 116 Å². The largest absolute Gasteiger partial charge is 0.384 e. The number of thiophene rings is 1. The van der Waals surface area contributed by atoms with Gasteiger partial charge in [-0.25, -0.2) is 9.97 Å². The number of hydrogen-bond acceptors (Lipinski definition) is 8. The number of aliphatic hydroxyl groups is 1. The summed E-state index contributed by atoms with van der Waals surface area (Å²) >= 11 is 1.63. The van der Waals surface area contributed by atoms with E-state index < -0.39 is 12.0 Å². The Labute approximate surface area is 210 Å². The van der Waals surface area contributed by atoms with Crippen LogP contribution in [0, 0.1) is 0 Å². The second kappa shape index (κ2) is 9.30. The molecule has 1 amide bonds. The van der Waals surface area contributed by atoms with Crippen LogP contribution in [0.2, 0.25) is 0 Å². The van der Waals surface area contributed by atoms with Crippen LogP contribution >= 0.6 is 11.3 Å². The van der Waals surface area contributed by atoms with Gasteiger partial charge in [0, 0.05) is 34.6 Å². The van der Waals surface area contributed by atoms with Gasteiger partial charge in [-0.2, -0.15) is 5.10 Å². The van der Waals surface area contributed by atoms with Gasteiger partial charge in [0.15, 0.2) is 11.6 Å². The fourth-order valence-electron chi connectivity index (χ4n) is 4.33. The number of nitrogens with zero attached hydrogens (tertiary/aromatic N) is 4. The molecular formula is C26H24N6O3S. The maximum atomic E-state index is 12.0. The number of benzene rings is 2. The summed E-state index contributed by atoms with van der Waals surface area (Å²) in [7, 11) is 0. The van der Waals surface area contributed by atoms with Crippen LogP contribution in [0.25, 0.3) is 42.9 Å².